The summed E-state index contributed by atoms with van der Waals surface area (Å²) in [6.45, 7) is 0. The normalized spacial score (nSPS) is 26.1. The Kier molecular flexibility index (Phi) is 2.61. The molecule has 0 radical (unpaired) electrons. The largest absolute Gasteiger partial charge is 0.328 e. The van der Waals surface area contributed by atoms with Crippen LogP contribution in [0.4, 0.5) is 0 Å². The maximum Gasteiger partial charge on any atom is 0.0998 e. The first-order chi connectivity index (χ1) is 7.83. The van der Waals surface area contributed by atoms with E-state index in [1.54, 1.807) is 11.3 Å². The van der Waals surface area contributed by atoms with Gasteiger partial charge in [0.25, 0.3) is 0 Å². The van der Waals surface area contributed by atoms with E-state index in [4.69, 9.17) is 5.73 Å². The number of aromatic nitrogens is 2. The summed E-state index contributed by atoms with van der Waals surface area (Å²) >= 11 is 1.80. The van der Waals surface area contributed by atoms with Gasteiger partial charge in [-0.3, -0.25) is 4.98 Å². The van der Waals surface area contributed by atoms with E-state index >= 15 is 0 Å². The molecular formula is C12H15N3S. The van der Waals surface area contributed by atoms with E-state index in [2.05, 4.69) is 9.97 Å². The third kappa shape index (κ3) is 1.83. The number of rotatable bonds is 1. The van der Waals surface area contributed by atoms with Crippen LogP contribution >= 0.6 is 11.3 Å². The Balaban J connectivity index is 1.93. The van der Waals surface area contributed by atoms with Gasteiger partial charge in [0, 0.05) is 18.2 Å². The zero-order chi connectivity index (χ0) is 11.0. The summed E-state index contributed by atoms with van der Waals surface area (Å²) in [5.74, 6) is 0.571. The fraction of sp³-hybridized carbons (Fsp3) is 0.500. The van der Waals surface area contributed by atoms with Crippen molar-refractivity contribution in [2.45, 2.75) is 37.6 Å². The van der Waals surface area contributed by atoms with Crippen molar-refractivity contribution in [1.29, 1.82) is 0 Å². The van der Waals surface area contributed by atoms with E-state index in [1.165, 1.54) is 29.0 Å². The number of hydrogen-bond acceptors (Lipinski definition) is 4. The molecule has 0 spiro atoms. The van der Waals surface area contributed by atoms with Crippen LogP contribution in [-0.2, 0) is 0 Å². The number of nitrogens with two attached hydrogens (primary N) is 1. The van der Waals surface area contributed by atoms with Crippen LogP contribution in [0.3, 0.4) is 0 Å². The van der Waals surface area contributed by atoms with Crippen molar-refractivity contribution in [3.8, 4) is 0 Å². The molecule has 2 heterocycles. The van der Waals surface area contributed by atoms with Crippen LogP contribution in [-0.4, -0.2) is 16.0 Å². The van der Waals surface area contributed by atoms with E-state index in [0.717, 1.165) is 11.9 Å². The lowest BCUT2D eigenvalue weighted by Crippen LogP contribution is -2.26. The quantitative estimate of drug-likeness (QED) is 0.824. The van der Waals surface area contributed by atoms with Gasteiger partial charge in [0.2, 0.25) is 0 Å². The molecule has 1 saturated carbocycles. The van der Waals surface area contributed by atoms with Crippen molar-refractivity contribution in [1.82, 2.24) is 9.97 Å². The molecule has 2 N–H and O–H groups in total. The van der Waals surface area contributed by atoms with Gasteiger partial charge in [-0.05, 0) is 25.3 Å². The van der Waals surface area contributed by atoms with Gasteiger partial charge >= 0.3 is 0 Å². The summed E-state index contributed by atoms with van der Waals surface area (Å²) in [7, 11) is 0. The zero-order valence-corrected chi connectivity index (χ0v) is 9.91. The minimum atomic E-state index is 0.365. The summed E-state index contributed by atoms with van der Waals surface area (Å²) < 4.78 is 1.24. The molecule has 2 aromatic rings. The summed E-state index contributed by atoms with van der Waals surface area (Å²) in [6, 6.07) is 2.41. The molecule has 3 rings (SSSR count). The van der Waals surface area contributed by atoms with Gasteiger partial charge in [-0.2, -0.15) is 0 Å². The third-order valence-corrected chi connectivity index (χ3v) is 4.47. The van der Waals surface area contributed by atoms with Gasteiger partial charge in [0.15, 0.2) is 0 Å². The van der Waals surface area contributed by atoms with E-state index in [1.807, 2.05) is 18.5 Å². The lowest BCUT2D eigenvalue weighted by atomic mass is 9.87. The van der Waals surface area contributed by atoms with Gasteiger partial charge in [-0.1, -0.05) is 6.42 Å². The van der Waals surface area contributed by atoms with Crippen LogP contribution < -0.4 is 5.73 Å². The average molecular weight is 233 g/mol. The predicted octanol–water partition coefficient (Wildman–Crippen LogP) is 2.68. The van der Waals surface area contributed by atoms with Gasteiger partial charge < -0.3 is 5.73 Å². The molecule has 1 aliphatic carbocycles. The smallest absolute Gasteiger partial charge is 0.0998 e. The summed E-state index contributed by atoms with van der Waals surface area (Å²) in [4.78, 5) is 8.78. The highest BCUT2D eigenvalue weighted by Gasteiger charge is 2.23. The molecule has 0 saturated heterocycles. The summed E-state index contributed by atoms with van der Waals surface area (Å²) in [6.07, 6.45) is 8.41. The topological polar surface area (TPSA) is 51.8 Å². The van der Waals surface area contributed by atoms with Crippen molar-refractivity contribution in [3.05, 3.63) is 23.5 Å². The van der Waals surface area contributed by atoms with Gasteiger partial charge in [0.05, 0.1) is 21.4 Å². The summed E-state index contributed by atoms with van der Waals surface area (Å²) in [5, 5.41) is 1.25. The van der Waals surface area contributed by atoms with Gasteiger partial charge in [-0.25, -0.2) is 4.98 Å². The first kappa shape index (κ1) is 10.2. The Labute approximate surface area is 98.7 Å². The Morgan fingerprint density at radius 1 is 1.38 bits per heavy atom. The van der Waals surface area contributed by atoms with Gasteiger partial charge in [-0.15, -0.1) is 11.3 Å². The second-order valence-corrected chi connectivity index (χ2v) is 5.58. The second-order valence-electron chi connectivity index (χ2n) is 4.52. The average Bonchev–Trinajstić information content (AvgIpc) is 2.72. The molecule has 4 heteroatoms. The van der Waals surface area contributed by atoms with Crippen molar-refractivity contribution in [2.24, 2.45) is 5.73 Å². The number of thiazole rings is 1. The standard InChI is InChI=1S/C12H15N3S/c13-9-3-1-2-8(6-9)12-15-10-7-14-5-4-11(10)16-12/h4-5,7-9H,1-3,6,13H2. The molecule has 1 aliphatic rings. The Hall–Kier alpha value is -1.00. The lowest BCUT2D eigenvalue weighted by Gasteiger charge is -2.24. The van der Waals surface area contributed by atoms with Crippen LogP contribution in [0.2, 0.25) is 0 Å². The third-order valence-electron chi connectivity index (χ3n) is 3.27. The van der Waals surface area contributed by atoms with Gasteiger partial charge in [0.1, 0.15) is 0 Å². The van der Waals surface area contributed by atoms with Crippen molar-refractivity contribution in [3.63, 3.8) is 0 Å². The molecule has 0 amide bonds. The first-order valence-corrected chi connectivity index (χ1v) is 6.60. The Bertz CT molecular complexity index is 461. The molecular weight excluding hydrogens is 218 g/mol. The maximum atomic E-state index is 6.02. The number of pyridine rings is 1. The molecule has 2 atom stereocenters. The molecule has 2 aromatic heterocycles. The molecule has 0 aromatic carbocycles. The summed E-state index contributed by atoms with van der Waals surface area (Å²) in [5.41, 5.74) is 7.05. The molecule has 16 heavy (non-hydrogen) atoms. The molecule has 2 unspecified atom stereocenters. The molecule has 0 aliphatic heterocycles. The molecule has 84 valence electrons. The monoisotopic (exact) mass is 233 g/mol. The number of nitrogens with zero attached hydrogens (tertiary/aromatic N) is 2. The highest BCUT2D eigenvalue weighted by atomic mass is 32.1. The first-order valence-electron chi connectivity index (χ1n) is 5.79. The fourth-order valence-electron chi connectivity index (χ4n) is 2.42. The Morgan fingerprint density at radius 2 is 2.31 bits per heavy atom. The maximum absolute atomic E-state index is 6.02. The number of fused-ring (bicyclic) bond motifs is 1. The van der Waals surface area contributed by atoms with Crippen LogP contribution in [0.15, 0.2) is 18.5 Å². The van der Waals surface area contributed by atoms with E-state index < -0.39 is 0 Å². The predicted molar refractivity (Wildman–Crippen MR) is 66.6 cm³/mol. The zero-order valence-electron chi connectivity index (χ0n) is 9.10. The SMILES string of the molecule is NC1CCCC(c2nc3cnccc3s2)C1. The Morgan fingerprint density at radius 3 is 3.12 bits per heavy atom. The van der Waals surface area contributed by atoms with E-state index in [-0.39, 0.29) is 0 Å². The van der Waals surface area contributed by atoms with E-state index in [0.29, 0.717) is 12.0 Å². The molecule has 1 fully saturated rings. The van der Waals surface area contributed by atoms with Crippen LogP contribution in [0.5, 0.6) is 0 Å². The molecule has 3 nitrogen and oxygen atoms in total. The minimum absolute atomic E-state index is 0.365. The lowest BCUT2D eigenvalue weighted by molar-refractivity contribution is 0.393. The van der Waals surface area contributed by atoms with Crippen molar-refractivity contribution in [2.75, 3.05) is 0 Å². The second kappa shape index (κ2) is 4.11. The molecule has 0 bridgehead atoms. The highest BCUT2D eigenvalue weighted by molar-refractivity contribution is 7.18. The van der Waals surface area contributed by atoms with Crippen LogP contribution in [0, 0.1) is 0 Å². The van der Waals surface area contributed by atoms with E-state index in [9.17, 15) is 0 Å². The highest BCUT2D eigenvalue weighted by Crippen LogP contribution is 2.36. The van der Waals surface area contributed by atoms with Crippen LogP contribution in [0.1, 0.15) is 36.6 Å². The van der Waals surface area contributed by atoms with Crippen LogP contribution in [0.25, 0.3) is 10.2 Å². The minimum Gasteiger partial charge on any atom is -0.328 e. The number of hydrogen-bond donors (Lipinski definition) is 1. The fourth-order valence-corrected chi connectivity index (χ4v) is 3.51. The van der Waals surface area contributed by atoms with Crippen molar-refractivity contribution < 1.29 is 0 Å². The van der Waals surface area contributed by atoms with Crippen molar-refractivity contribution >= 4 is 21.6 Å².